The maximum atomic E-state index is 12.3. The topological polar surface area (TPSA) is 165 Å². The summed E-state index contributed by atoms with van der Waals surface area (Å²) >= 11 is 0. The first-order valence-electron chi connectivity index (χ1n) is 19.8. The van der Waals surface area contributed by atoms with Crippen LogP contribution in [0.3, 0.4) is 0 Å². The Kier molecular flexibility index (Phi) is 10.7. The molecule has 1 aromatic carbocycles. The van der Waals surface area contributed by atoms with E-state index in [0.29, 0.717) is 40.8 Å². The molecule has 3 saturated heterocycles. The molecule has 2 bridgehead atoms. The van der Waals surface area contributed by atoms with Gasteiger partial charge in [-0.2, -0.15) is 0 Å². The van der Waals surface area contributed by atoms with Crippen LogP contribution in [-0.2, 0) is 14.3 Å². The fraction of sp³-hybridized carbons (Fsp3) is 0.537. The van der Waals surface area contributed by atoms with Gasteiger partial charge in [-0.25, -0.2) is 4.98 Å². The van der Waals surface area contributed by atoms with E-state index >= 15 is 0 Å². The Bertz CT molecular complexity index is 1930. The summed E-state index contributed by atoms with van der Waals surface area (Å²) in [6.45, 7) is 7.23. The van der Waals surface area contributed by atoms with E-state index in [-0.39, 0.29) is 35.9 Å². The van der Waals surface area contributed by atoms with Crippen LogP contribution in [-0.4, -0.2) is 95.1 Å². The van der Waals surface area contributed by atoms with Gasteiger partial charge in [-0.3, -0.25) is 4.79 Å². The van der Waals surface area contributed by atoms with Crippen LogP contribution >= 0.6 is 0 Å². The number of nitrogen functional groups attached to an aromatic ring is 1. The van der Waals surface area contributed by atoms with Crippen LogP contribution in [0.5, 0.6) is 11.6 Å². The molecule has 1 saturated carbocycles. The number of nitrogens with two attached hydrogens (primary N) is 1. The SMILES string of the molecule is COC(=O)C(c1cc(N2CCC(OC3CCC(Oc4cc(N5C6CCC5CN(c5cc(-c7ccccc7O)nnc5N)C6)ccn4)CC3)CC2)no1)C(C)C. The van der Waals surface area contributed by atoms with Gasteiger partial charge in [0.05, 0.1) is 30.7 Å². The van der Waals surface area contributed by atoms with Crippen LogP contribution < -0.4 is 25.2 Å². The van der Waals surface area contributed by atoms with Crippen molar-refractivity contribution in [2.75, 3.05) is 53.7 Å². The Hall–Kier alpha value is -5.11. The van der Waals surface area contributed by atoms with Crippen LogP contribution in [0, 0.1) is 5.92 Å². The number of piperidine rings is 1. The number of fused-ring (bicyclic) bond motifs is 2. The first kappa shape index (κ1) is 36.8. The third-order valence-electron chi connectivity index (χ3n) is 11.8. The molecule has 4 fully saturated rings. The average molecular weight is 753 g/mol. The number of ether oxygens (including phenoxy) is 3. The maximum Gasteiger partial charge on any atom is 0.316 e. The number of para-hydroxylation sites is 1. The van der Waals surface area contributed by atoms with Gasteiger partial charge in [0.2, 0.25) is 5.88 Å². The van der Waals surface area contributed by atoms with E-state index in [0.717, 1.165) is 94.7 Å². The Morgan fingerprint density at radius 3 is 2.31 bits per heavy atom. The summed E-state index contributed by atoms with van der Waals surface area (Å²) in [6, 6.07) is 15.8. The molecule has 3 atom stereocenters. The molecule has 3 aliphatic heterocycles. The summed E-state index contributed by atoms with van der Waals surface area (Å²) in [5.41, 5.74) is 9.60. The second-order valence-electron chi connectivity index (χ2n) is 15.7. The summed E-state index contributed by atoms with van der Waals surface area (Å²) in [7, 11) is 1.40. The quantitative estimate of drug-likeness (QED) is 0.172. The predicted molar refractivity (Wildman–Crippen MR) is 208 cm³/mol. The zero-order valence-corrected chi connectivity index (χ0v) is 31.9. The predicted octanol–water partition coefficient (Wildman–Crippen LogP) is 5.96. The molecule has 4 aromatic rings. The molecule has 292 valence electrons. The minimum atomic E-state index is -0.465. The van der Waals surface area contributed by atoms with Gasteiger partial charge in [0.15, 0.2) is 17.4 Å². The minimum absolute atomic E-state index is 0.0448. The molecule has 55 heavy (non-hydrogen) atoms. The second kappa shape index (κ2) is 15.9. The van der Waals surface area contributed by atoms with Crippen LogP contribution in [0.1, 0.15) is 76.9 Å². The van der Waals surface area contributed by atoms with E-state index in [1.165, 1.54) is 7.11 Å². The lowest BCUT2D eigenvalue weighted by atomic mass is 9.93. The van der Waals surface area contributed by atoms with E-state index in [4.69, 9.17) is 24.5 Å². The van der Waals surface area contributed by atoms with Crippen molar-refractivity contribution in [3.8, 4) is 22.9 Å². The highest BCUT2D eigenvalue weighted by Crippen LogP contribution is 2.40. The number of piperazine rings is 1. The largest absolute Gasteiger partial charge is 0.507 e. The van der Waals surface area contributed by atoms with Crippen molar-refractivity contribution in [1.29, 1.82) is 0 Å². The number of methoxy groups -OCH3 is 1. The number of aromatic hydroxyl groups is 1. The molecule has 1 aliphatic carbocycles. The smallest absolute Gasteiger partial charge is 0.316 e. The Balaban J connectivity index is 0.815. The number of carbonyl (C=O) groups excluding carboxylic acids is 1. The third-order valence-corrected chi connectivity index (χ3v) is 11.8. The van der Waals surface area contributed by atoms with Gasteiger partial charge < -0.3 is 44.3 Å². The van der Waals surface area contributed by atoms with Gasteiger partial charge in [-0.05, 0) is 81.5 Å². The maximum absolute atomic E-state index is 12.3. The van der Waals surface area contributed by atoms with Crippen molar-refractivity contribution in [3.63, 3.8) is 0 Å². The molecule has 6 heterocycles. The van der Waals surface area contributed by atoms with Crippen molar-refractivity contribution >= 4 is 29.0 Å². The monoisotopic (exact) mass is 752 g/mol. The zero-order chi connectivity index (χ0) is 38.1. The Labute approximate surface area is 321 Å². The Morgan fingerprint density at radius 1 is 0.891 bits per heavy atom. The number of hydrogen-bond donors (Lipinski definition) is 2. The lowest BCUT2D eigenvalue weighted by molar-refractivity contribution is -0.144. The van der Waals surface area contributed by atoms with Gasteiger partial charge in [-0.15, -0.1) is 10.2 Å². The van der Waals surface area contributed by atoms with Crippen molar-refractivity contribution in [3.05, 3.63) is 60.5 Å². The van der Waals surface area contributed by atoms with Crippen LogP contribution in [0.25, 0.3) is 11.3 Å². The van der Waals surface area contributed by atoms with E-state index in [2.05, 4.69) is 47.2 Å². The normalized spacial score (nSPS) is 23.6. The number of hydrogen-bond acceptors (Lipinski definition) is 14. The van der Waals surface area contributed by atoms with Gasteiger partial charge in [0.25, 0.3) is 0 Å². The number of rotatable bonds is 11. The first-order valence-corrected chi connectivity index (χ1v) is 19.8. The summed E-state index contributed by atoms with van der Waals surface area (Å²) < 4.78 is 23.7. The zero-order valence-electron chi connectivity index (χ0n) is 31.9. The molecule has 3 unspecified atom stereocenters. The highest BCUT2D eigenvalue weighted by molar-refractivity contribution is 5.78. The number of anilines is 4. The van der Waals surface area contributed by atoms with E-state index in [1.54, 1.807) is 12.1 Å². The van der Waals surface area contributed by atoms with Crippen molar-refractivity contribution in [1.82, 2.24) is 20.3 Å². The lowest BCUT2D eigenvalue weighted by Crippen LogP contribution is -2.54. The standard InChI is InChI=1S/C41H52N8O6/c1-25(2)39(41(51)52-3)36-22-37(46-55-36)47-18-15-31(16-19-47)53-29-10-12-30(13-11-29)54-38-20-26(14-17-43-38)49-27-8-9-28(49)24-48(23-27)34-21-33(44-45-40(34)42)32-6-4-5-7-35(32)50/h4-7,14,17,20-22,25,27-31,39,50H,8-13,15-16,18-19,23-24H2,1-3H3,(H2,42,45). The van der Waals surface area contributed by atoms with Crippen LogP contribution in [0.4, 0.5) is 23.0 Å². The summed E-state index contributed by atoms with van der Waals surface area (Å²) in [5.74, 6) is 1.83. The van der Waals surface area contributed by atoms with Gasteiger partial charge in [-0.1, -0.05) is 31.1 Å². The van der Waals surface area contributed by atoms with Gasteiger partial charge in [0, 0.05) is 67.8 Å². The number of phenols is 1. The number of benzene rings is 1. The molecule has 8 rings (SSSR count). The summed E-state index contributed by atoms with van der Waals surface area (Å²) in [6.07, 6.45) is 10.2. The molecular weight excluding hydrogens is 701 g/mol. The second-order valence-corrected chi connectivity index (χ2v) is 15.7. The van der Waals surface area contributed by atoms with Crippen molar-refractivity contribution < 1.29 is 28.6 Å². The number of carbonyl (C=O) groups is 1. The number of phenolic OH excluding ortho intramolecular Hbond substituents is 1. The fourth-order valence-corrected chi connectivity index (χ4v) is 8.98. The molecule has 4 aliphatic rings. The minimum Gasteiger partial charge on any atom is -0.507 e. The number of aromatic nitrogens is 4. The van der Waals surface area contributed by atoms with E-state index in [9.17, 15) is 9.90 Å². The summed E-state index contributed by atoms with van der Waals surface area (Å²) in [4.78, 5) is 24.0. The average Bonchev–Trinajstić information content (AvgIpc) is 3.78. The molecule has 14 nitrogen and oxygen atoms in total. The summed E-state index contributed by atoms with van der Waals surface area (Å²) in [5, 5.41) is 23.2. The highest BCUT2D eigenvalue weighted by atomic mass is 16.5. The number of nitrogens with zero attached hydrogens (tertiary/aromatic N) is 7. The van der Waals surface area contributed by atoms with Gasteiger partial charge >= 0.3 is 5.97 Å². The molecule has 0 amide bonds. The van der Waals surface area contributed by atoms with Crippen LogP contribution in [0.2, 0.25) is 0 Å². The third kappa shape index (κ3) is 7.87. The molecular formula is C41H52N8O6. The first-order chi connectivity index (χ1) is 26.7. The number of esters is 1. The molecule has 0 spiro atoms. The highest BCUT2D eigenvalue weighted by Gasteiger charge is 2.41. The lowest BCUT2D eigenvalue weighted by Gasteiger charge is -2.43. The molecule has 3 N–H and O–H groups in total. The van der Waals surface area contributed by atoms with Crippen LogP contribution in [0.15, 0.2) is 59.3 Å². The molecule has 0 radical (unpaired) electrons. The number of pyridine rings is 1. The van der Waals surface area contributed by atoms with Crippen molar-refractivity contribution in [2.24, 2.45) is 5.92 Å². The van der Waals surface area contributed by atoms with Crippen molar-refractivity contribution in [2.45, 2.75) is 102 Å². The Morgan fingerprint density at radius 2 is 1.60 bits per heavy atom. The fourth-order valence-electron chi connectivity index (χ4n) is 8.98. The van der Waals surface area contributed by atoms with E-state index in [1.807, 2.05) is 44.3 Å². The van der Waals surface area contributed by atoms with E-state index < -0.39 is 5.92 Å². The molecule has 14 heteroatoms. The molecule has 3 aromatic heterocycles. The van der Waals surface area contributed by atoms with Gasteiger partial charge in [0.1, 0.15) is 17.8 Å².